The Morgan fingerprint density at radius 1 is 1.40 bits per heavy atom. The van der Waals surface area contributed by atoms with Gasteiger partial charge in [0.1, 0.15) is 4.90 Å². The minimum atomic E-state index is -3.53. The Hall–Kier alpha value is -0.620. The highest BCUT2D eigenvalue weighted by atomic mass is 35.5. The zero-order chi connectivity index (χ0) is 14.9. The molecule has 20 heavy (non-hydrogen) atoms. The molecule has 1 aromatic rings. The lowest BCUT2D eigenvalue weighted by Gasteiger charge is -2.24. The first-order valence-electron chi connectivity index (χ1n) is 6.86. The molecule has 6 heteroatoms. The predicted octanol–water partition coefficient (Wildman–Crippen LogP) is 2.61. The first-order valence-corrected chi connectivity index (χ1v) is 8.68. The van der Waals surface area contributed by atoms with Crippen LogP contribution in [-0.4, -0.2) is 25.3 Å². The Morgan fingerprint density at radius 3 is 2.50 bits per heavy atom. The Morgan fingerprint density at radius 2 is 2.05 bits per heavy atom. The number of nitrogens with two attached hydrogens (primary N) is 1. The van der Waals surface area contributed by atoms with Gasteiger partial charge in [0.15, 0.2) is 0 Å². The van der Waals surface area contributed by atoms with Crippen molar-refractivity contribution in [1.29, 1.82) is 0 Å². The molecule has 0 aromatic heterocycles. The number of sulfonamides is 1. The van der Waals surface area contributed by atoms with Gasteiger partial charge in [-0.1, -0.05) is 31.5 Å². The molecule has 0 heterocycles. The molecule has 2 N–H and O–H groups in total. The molecule has 112 valence electrons. The van der Waals surface area contributed by atoms with Gasteiger partial charge in [-0.3, -0.25) is 0 Å². The molecule has 2 rings (SSSR count). The quantitative estimate of drug-likeness (QED) is 0.877. The third-order valence-corrected chi connectivity index (χ3v) is 5.72. The number of rotatable bonds is 6. The van der Waals surface area contributed by atoms with Crippen LogP contribution in [0.3, 0.4) is 0 Å². The summed E-state index contributed by atoms with van der Waals surface area (Å²) in [7, 11) is -3.53. The van der Waals surface area contributed by atoms with Crippen molar-refractivity contribution in [3.8, 4) is 0 Å². The largest absolute Gasteiger partial charge is 0.326 e. The van der Waals surface area contributed by atoms with Crippen LogP contribution in [0.4, 0.5) is 0 Å². The SMILES string of the molecule is CC(C)CN(C1CC1)S(=O)(=O)c1ccc(CN)cc1Cl. The van der Waals surface area contributed by atoms with Crippen molar-refractivity contribution in [2.75, 3.05) is 6.54 Å². The lowest BCUT2D eigenvalue weighted by Crippen LogP contribution is -2.36. The molecule has 1 aliphatic rings. The molecule has 1 saturated carbocycles. The summed E-state index contributed by atoms with van der Waals surface area (Å²) in [6.45, 7) is 4.91. The maximum atomic E-state index is 12.8. The van der Waals surface area contributed by atoms with Crippen LogP contribution < -0.4 is 5.73 Å². The molecule has 0 spiro atoms. The van der Waals surface area contributed by atoms with E-state index in [1.807, 2.05) is 13.8 Å². The highest BCUT2D eigenvalue weighted by molar-refractivity contribution is 7.89. The van der Waals surface area contributed by atoms with Crippen LogP contribution in [0.1, 0.15) is 32.3 Å². The van der Waals surface area contributed by atoms with E-state index in [4.69, 9.17) is 17.3 Å². The molecule has 4 nitrogen and oxygen atoms in total. The van der Waals surface area contributed by atoms with E-state index in [9.17, 15) is 8.42 Å². The maximum Gasteiger partial charge on any atom is 0.244 e. The molecular formula is C14H21ClN2O2S. The molecule has 0 bridgehead atoms. The smallest absolute Gasteiger partial charge is 0.244 e. The first kappa shape index (κ1) is 15.8. The lowest BCUT2D eigenvalue weighted by atomic mass is 10.2. The summed E-state index contributed by atoms with van der Waals surface area (Å²) in [4.78, 5) is 0.184. The summed E-state index contributed by atoms with van der Waals surface area (Å²) in [6, 6.07) is 5.05. The van der Waals surface area contributed by atoms with Crippen LogP contribution in [0, 0.1) is 5.92 Å². The van der Waals surface area contributed by atoms with Crippen LogP contribution in [0.15, 0.2) is 23.1 Å². The van der Waals surface area contributed by atoms with E-state index in [0.717, 1.165) is 18.4 Å². The summed E-state index contributed by atoms with van der Waals surface area (Å²) < 4.78 is 27.2. The molecular weight excluding hydrogens is 296 g/mol. The number of nitrogens with zero attached hydrogens (tertiary/aromatic N) is 1. The predicted molar refractivity (Wildman–Crippen MR) is 81.1 cm³/mol. The van der Waals surface area contributed by atoms with Crippen molar-refractivity contribution in [1.82, 2.24) is 4.31 Å². The number of hydrogen-bond acceptors (Lipinski definition) is 3. The van der Waals surface area contributed by atoms with Gasteiger partial charge >= 0.3 is 0 Å². The zero-order valence-electron chi connectivity index (χ0n) is 11.8. The zero-order valence-corrected chi connectivity index (χ0v) is 13.4. The van der Waals surface area contributed by atoms with Crippen molar-refractivity contribution in [2.24, 2.45) is 11.7 Å². The molecule has 0 unspecified atom stereocenters. The molecule has 1 aromatic carbocycles. The minimum Gasteiger partial charge on any atom is -0.326 e. The van der Waals surface area contributed by atoms with Gasteiger partial charge in [0.25, 0.3) is 0 Å². The summed E-state index contributed by atoms with van der Waals surface area (Å²) in [5.41, 5.74) is 6.37. The van der Waals surface area contributed by atoms with Gasteiger partial charge in [0, 0.05) is 19.1 Å². The molecule has 0 amide bonds. The second-order valence-electron chi connectivity index (χ2n) is 5.67. The average molecular weight is 317 g/mol. The summed E-state index contributed by atoms with van der Waals surface area (Å²) in [5, 5.41) is 0.252. The van der Waals surface area contributed by atoms with E-state index in [0.29, 0.717) is 13.1 Å². The third kappa shape index (κ3) is 3.34. The molecule has 1 aliphatic carbocycles. The monoisotopic (exact) mass is 316 g/mol. The standard InChI is InChI=1S/C14H21ClN2O2S/c1-10(2)9-17(12-4-5-12)20(18,19)14-6-3-11(8-16)7-13(14)15/h3,6-7,10,12H,4-5,8-9,16H2,1-2H3. The van der Waals surface area contributed by atoms with Crippen LogP contribution >= 0.6 is 11.6 Å². The summed E-state index contributed by atoms with van der Waals surface area (Å²) >= 11 is 6.14. The van der Waals surface area contributed by atoms with E-state index < -0.39 is 10.0 Å². The molecule has 0 radical (unpaired) electrons. The van der Waals surface area contributed by atoms with E-state index in [2.05, 4.69) is 0 Å². The van der Waals surface area contributed by atoms with Crippen LogP contribution in [-0.2, 0) is 16.6 Å². The number of hydrogen-bond donors (Lipinski definition) is 1. The fraction of sp³-hybridized carbons (Fsp3) is 0.571. The first-order chi connectivity index (χ1) is 9.36. The van der Waals surface area contributed by atoms with Gasteiger partial charge in [0.2, 0.25) is 10.0 Å². The van der Waals surface area contributed by atoms with Crippen molar-refractivity contribution in [2.45, 2.75) is 44.2 Å². The highest BCUT2D eigenvalue weighted by Gasteiger charge is 2.39. The highest BCUT2D eigenvalue weighted by Crippen LogP contribution is 2.35. The second-order valence-corrected chi connectivity index (χ2v) is 7.93. The maximum absolute atomic E-state index is 12.8. The van der Waals surface area contributed by atoms with Crippen LogP contribution in [0.5, 0.6) is 0 Å². The van der Waals surface area contributed by atoms with E-state index >= 15 is 0 Å². The lowest BCUT2D eigenvalue weighted by molar-refractivity contribution is 0.360. The Balaban J connectivity index is 2.37. The Labute approximate surface area is 126 Å². The molecule has 0 saturated heterocycles. The molecule has 0 aliphatic heterocycles. The van der Waals surface area contributed by atoms with Gasteiger partial charge in [0.05, 0.1) is 5.02 Å². The number of halogens is 1. The third-order valence-electron chi connectivity index (χ3n) is 3.32. The van der Waals surface area contributed by atoms with Crippen molar-refractivity contribution in [3.05, 3.63) is 28.8 Å². The molecule has 1 fully saturated rings. The van der Waals surface area contributed by atoms with E-state index in [1.54, 1.807) is 22.5 Å². The molecule has 0 atom stereocenters. The van der Waals surface area contributed by atoms with Gasteiger partial charge in [-0.05, 0) is 36.5 Å². The normalized spacial score (nSPS) is 16.1. The fourth-order valence-electron chi connectivity index (χ4n) is 2.17. The van der Waals surface area contributed by atoms with E-state index in [1.165, 1.54) is 0 Å². The van der Waals surface area contributed by atoms with E-state index in [-0.39, 0.29) is 21.9 Å². The summed E-state index contributed by atoms with van der Waals surface area (Å²) in [5.74, 6) is 0.285. The minimum absolute atomic E-state index is 0.132. The average Bonchev–Trinajstić information content (AvgIpc) is 3.19. The summed E-state index contributed by atoms with van der Waals surface area (Å²) in [6.07, 6.45) is 1.87. The van der Waals surface area contributed by atoms with Crippen LogP contribution in [0.2, 0.25) is 5.02 Å². The fourth-order valence-corrected chi connectivity index (χ4v) is 4.56. The van der Waals surface area contributed by atoms with Gasteiger partial charge in [-0.2, -0.15) is 4.31 Å². The second kappa shape index (κ2) is 6.02. The van der Waals surface area contributed by atoms with Crippen molar-refractivity contribution >= 4 is 21.6 Å². The van der Waals surface area contributed by atoms with Gasteiger partial charge in [-0.15, -0.1) is 0 Å². The van der Waals surface area contributed by atoms with Gasteiger partial charge in [-0.25, -0.2) is 8.42 Å². The topological polar surface area (TPSA) is 63.4 Å². The van der Waals surface area contributed by atoms with Crippen molar-refractivity contribution < 1.29 is 8.42 Å². The van der Waals surface area contributed by atoms with Crippen LogP contribution in [0.25, 0.3) is 0 Å². The van der Waals surface area contributed by atoms with Gasteiger partial charge < -0.3 is 5.73 Å². The Bertz CT molecular complexity index is 583. The Kier molecular flexibility index (Phi) is 4.74. The number of benzene rings is 1. The van der Waals surface area contributed by atoms with Crippen molar-refractivity contribution in [3.63, 3.8) is 0 Å².